The van der Waals surface area contributed by atoms with Crippen molar-refractivity contribution >= 4 is 17.8 Å². The van der Waals surface area contributed by atoms with Crippen LogP contribution in [0.2, 0.25) is 0 Å². The third-order valence-electron chi connectivity index (χ3n) is 4.87. The summed E-state index contributed by atoms with van der Waals surface area (Å²) in [6, 6.07) is 11.8. The topological polar surface area (TPSA) is 54.5 Å². The minimum atomic E-state index is -0.0872. The number of amides is 1. The first kappa shape index (κ1) is 16.6. The first-order chi connectivity index (χ1) is 12.8. The van der Waals surface area contributed by atoms with E-state index in [0.29, 0.717) is 18.7 Å². The van der Waals surface area contributed by atoms with Crippen LogP contribution in [0.15, 0.2) is 48.2 Å². The number of anilines is 1. The molecule has 2 aliphatic rings. The van der Waals surface area contributed by atoms with E-state index in [-0.39, 0.29) is 5.91 Å². The minimum Gasteiger partial charge on any atom is -0.488 e. The summed E-state index contributed by atoms with van der Waals surface area (Å²) < 4.78 is 5.66. The van der Waals surface area contributed by atoms with Crippen molar-refractivity contribution in [1.29, 1.82) is 0 Å². The van der Waals surface area contributed by atoms with Crippen molar-refractivity contribution in [3.05, 3.63) is 59.3 Å². The van der Waals surface area contributed by atoms with E-state index >= 15 is 0 Å². The normalized spacial score (nSPS) is 16.3. The second kappa shape index (κ2) is 7.60. The van der Waals surface area contributed by atoms with Crippen LogP contribution in [-0.2, 0) is 11.3 Å². The van der Waals surface area contributed by atoms with Crippen molar-refractivity contribution in [3.8, 4) is 5.75 Å². The van der Waals surface area contributed by atoms with E-state index in [2.05, 4.69) is 21.3 Å². The number of rotatable bonds is 4. The van der Waals surface area contributed by atoms with Gasteiger partial charge in [-0.25, -0.2) is 4.98 Å². The lowest BCUT2D eigenvalue weighted by Crippen LogP contribution is -2.30. The molecule has 1 aromatic carbocycles. The molecular formula is C21H23N3O2. The maximum absolute atomic E-state index is 12.5. The van der Waals surface area contributed by atoms with Crippen LogP contribution in [0, 0.1) is 0 Å². The molecule has 0 aliphatic carbocycles. The molecule has 26 heavy (non-hydrogen) atoms. The molecule has 1 N–H and O–H groups in total. The number of carbonyl (C=O) groups excluding carboxylic acids is 1. The number of hydrogen-bond donors (Lipinski definition) is 1. The number of para-hydroxylation sites is 1. The van der Waals surface area contributed by atoms with E-state index in [1.165, 1.54) is 19.3 Å². The molecule has 5 nitrogen and oxygen atoms in total. The van der Waals surface area contributed by atoms with E-state index in [0.717, 1.165) is 35.8 Å². The molecule has 0 saturated carbocycles. The Labute approximate surface area is 153 Å². The van der Waals surface area contributed by atoms with E-state index in [1.54, 1.807) is 0 Å². The van der Waals surface area contributed by atoms with Crippen LogP contribution >= 0.6 is 0 Å². The maximum atomic E-state index is 12.5. The summed E-state index contributed by atoms with van der Waals surface area (Å²) in [5.41, 5.74) is 2.65. The molecule has 1 saturated heterocycles. The average Bonchev–Trinajstić information content (AvgIpc) is 2.72. The van der Waals surface area contributed by atoms with E-state index < -0.39 is 0 Å². The second-order valence-electron chi connectivity index (χ2n) is 6.75. The van der Waals surface area contributed by atoms with Crippen molar-refractivity contribution in [2.45, 2.75) is 25.8 Å². The summed E-state index contributed by atoms with van der Waals surface area (Å²) in [6.07, 6.45) is 7.47. The number of nitrogens with zero attached hydrogens (tertiary/aromatic N) is 2. The van der Waals surface area contributed by atoms with Gasteiger partial charge in [-0.05, 0) is 49.1 Å². The van der Waals surface area contributed by atoms with Crippen LogP contribution in [0.1, 0.15) is 30.4 Å². The molecule has 2 aromatic rings. The molecule has 0 bridgehead atoms. The fourth-order valence-electron chi connectivity index (χ4n) is 3.41. The smallest absolute Gasteiger partial charge is 0.250 e. The molecular weight excluding hydrogens is 326 g/mol. The number of hydrogen-bond acceptors (Lipinski definition) is 4. The third kappa shape index (κ3) is 3.72. The zero-order valence-electron chi connectivity index (χ0n) is 14.8. The van der Waals surface area contributed by atoms with Gasteiger partial charge >= 0.3 is 0 Å². The monoisotopic (exact) mass is 349 g/mol. The van der Waals surface area contributed by atoms with Crippen molar-refractivity contribution in [3.63, 3.8) is 0 Å². The fraction of sp³-hybridized carbons (Fsp3) is 0.333. The van der Waals surface area contributed by atoms with Gasteiger partial charge < -0.3 is 15.0 Å². The van der Waals surface area contributed by atoms with Gasteiger partial charge in [0.05, 0.1) is 5.57 Å². The van der Waals surface area contributed by atoms with Gasteiger partial charge in [-0.15, -0.1) is 0 Å². The summed E-state index contributed by atoms with van der Waals surface area (Å²) in [4.78, 5) is 19.3. The molecule has 3 heterocycles. The number of pyridine rings is 1. The Balaban J connectivity index is 1.40. The lowest BCUT2D eigenvalue weighted by Gasteiger charge is -2.28. The first-order valence-corrected chi connectivity index (χ1v) is 9.20. The molecule has 5 heteroatoms. The Morgan fingerprint density at radius 2 is 2.00 bits per heavy atom. The SMILES string of the molecule is O=C(NCc1ccnc(N2CCCCC2)c1)C1=Cc2ccccc2OC1. The quantitative estimate of drug-likeness (QED) is 0.921. The maximum Gasteiger partial charge on any atom is 0.250 e. The zero-order valence-corrected chi connectivity index (χ0v) is 14.8. The standard InChI is InChI=1S/C21H23N3O2/c25-21(18-13-17-6-2-3-7-19(17)26-15-18)23-14-16-8-9-22-20(12-16)24-10-4-1-5-11-24/h2-3,6-9,12-13H,1,4-5,10-11,14-15H2,(H,23,25). The minimum absolute atomic E-state index is 0.0872. The summed E-state index contributed by atoms with van der Waals surface area (Å²) in [5.74, 6) is 1.74. The predicted molar refractivity (Wildman–Crippen MR) is 102 cm³/mol. The van der Waals surface area contributed by atoms with Crippen molar-refractivity contribution in [2.75, 3.05) is 24.6 Å². The first-order valence-electron chi connectivity index (χ1n) is 9.20. The van der Waals surface area contributed by atoms with Gasteiger partial charge in [-0.1, -0.05) is 18.2 Å². The van der Waals surface area contributed by atoms with E-state index in [9.17, 15) is 4.79 Å². The number of aromatic nitrogens is 1. The number of carbonyl (C=O) groups is 1. The molecule has 4 rings (SSSR count). The van der Waals surface area contributed by atoms with E-state index in [1.807, 2.05) is 42.6 Å². The number of fused-ring (bicyclic) bond motifs is 1. The average molecular weight is 349 g/mol. The Morgan fingerprint density at radius 3 is 2.88 bits per heavy atom. The summed E-state index contributed by atoms with van der Waals surface area (Å²) in [5, 5.41) is 3.00. The highest BCUT2D eigenvalue weighted by Crippen LogP contribution is 2.25. The largest absolute Gasteiger partial charge is 0.488 e. The zero-order chi connectivity index (χ0) is 17.8. The number of nitrogens with one attached hydrogen (secondary N) is 1. The summed E-state index contributed by atoms with van der Waals surface area (Å²) >= 11 is 0. The lowest BCUT2D eigenvalue weighted by atomic mass is 10.1. The number of piperidine rings is 1. The highest BCUT2D eigenvalue weighted by molar-refractivity contribution is 5.99. The number of benzene rings is 1. The van der Waals surface area contributed by atoms with Crippen LogP contribution in [0.25, 0.3) is 6.08 Å². The van der Waals surface area contributed by atoms with Crippen LogP contribution in [0.4, 0.5) is 5.82 Å². The lowest BCUT2D eigenvalue weighted by molar-refractivity contribution is -0.117. The molecule has 0 radical (unpaired) electrons. The van der Waals surface area contributed by atoms with Crippen LogP contribution < -0.4 is 15.0 Å². The van der Waals surface area contributed by atoms with Crippen molar-refractivity contribution in [1.82, 2.24) is 10.3 Å². The molecule has 0 unspecified atom stereocenters. The third-order valence-corrected chi connectivity index (χ3v) is 4.87. The second-order valence-corrected chi connectivity index (χ2v) is 6.75. The molecule has 1 aromatic heterocycles. The van der Waals surface area contributed by atoms with Gasteiger partial charge in [0.2, 0.25) is 0 Å². The Kier molecular flexibility index (Phi) is 4.86. The van der Waals surface area contributed by atoms with Gasteiger partial charge in [0.15, 0.2) is 0 Å². The van der Waals surface area contributed by atoms with Crippen molar-refractivity contribution in [2.24, 2.45) is 0 Å². The van der Waals surface area contributed by atoms with Crippen molar-refractivity contribution < 1.29 is 9.53 Å². The highest BCUT2D eigenvalue weighted by Gasteiger charge is 2.17. The summed E-state index contributed by atoms with van der Waals surface area (Å²) in [6.45, 7) is 2.91. The molecule has 1 amide bonds. The van der Waals surface area contributed by atoms with E-state index in [4.69, 9.17) is 4.74 Å². The Morgan fingerprint density at radius 1 is 1.15 bits per heavy atom. The Hall–Kier alpha value is -2.82. The van der Waals surface area contributed by atoms with Gasteiger partial charge in [0.1, 0.15) is 18.2 Å². The van der Waals surface area contributed by atoms with Crippen LogP contribution in [-0.4, -0.2) is 30.6 Å². The van der Waals surface area contributed by atoms with Gasteiger partial charge in [0.25, 0.3) is 5.91 Å². The van der Waals surface area contributed by atoms with Gasteiger partial charge in [-0.2, -0.15) is 0 Å². The fourth-order valence-corrected chi connectivity index (χ4v) is 3.41. The molecule has 1 fully saturated rings. The number of ether oxygens (including phenoxy) is 1. The Bertz CT molecular complexity index is 826. The van der Waals surface area contributed by atoms with Gasteiger partial charge in [-0.3, -0.25) is 4.79 Å². The van der Waals surface area contributed by atoms with Crippen LogP contribution in [0.5, 0.6) is 5.75 Å². The van der Waals surface area contributed by atoms with Crippen LogP contribution in [0.3, 0.4) is 0 Å². The van der Waals surface area contributed by atoms with Gasteiger partial charge in [0, 0.05) is 31.4 Å². The predicted octanol–water partition coefficient (Wildman–Crippen LogP) is 3.16. The molecule has 0 spiro atoms. The molecule has 2 aliphatic heterocycles. The summed E-state index contributed by atoms with van der Waals surface area (Å²) in [7, 11) is 0. The molecule has 134 valence electrons. The highest BCUT2D eigenvalue weighted by atomic mass is 16.5. The molecule has 0 atom stereocenters.